The Morgan fingerprint density at radius 1 is 1.07 bits per heavy atom. The number of carbonyl (C=O) groups excluding carboxylic acids is 1. The maximum atomic E-state index is 12.9. The predicted molar refractivity (Wildman–Crippen MR) is 110 cm³/mol. The molecule has 0 aliphatic heterocycles. The van der Waals surface area contributed by atoms with Gasteiger partial charge in [-0.25, -0.2) is 9.37 Å². The third kappa shape index (κ3) is 4.40. The average Bonchev–Trinajstić information content (AvgIpc) is 3.13. The van der Waals surface area contributed by atoms with Crippen molar-refractivity contribution in [2.24, 2.45) is 0 Å². The number of benzene rings is 2. The van der Waals surface area contributed by atoms with E-state index in [0.29, 0.717) is 19.5 Å². The Labute approximate surface area is 167 Å². The number of anilines is 1. The van der Waals surface area contributed by atoms with Crippen molar-refractivity contribution < 1.29 is 9.18 Å². The normalized spacial score (nSPS) is 10.8. The van der Waals surface area contributed by atoms with E-state index in [-0.39, 0.29) is 11.7 Å². The standard InChI is InChI=1S/C22H20FN5O/c23-18-8-6-16(7-9-18)14-26-20(29)10-11-25-22-21(17-4-2-1-3-5-17)27-19-15-24-12-13-28(19)22/h1-9,12-13,15,25H,10-11,14H2,(H,26,29). The highest BCUT2D eigenvalue weighted by atomic mass is 19.1. The van der Waals surface area contributed by atoms with E-state index in [2.05, 4.69) is 20.6 Å². The van der Waals surface area contributed by atoms with Crippen LogP contribution in [-0.2, 0) is 11.3 Å². The molecule has 6 nitrogen and oxygen atoms in total. The van der Waals surface area contributed by atoms with Crippen LogP contribution in [0.2, 0.25) is 0 Å². The number of hydrogen-bond donors (Lipinski definition) is 2. The average molecular weight is 389 g/mol. The van der Waals surface area contributed by atoms with Crippen molar-refractivity contribution in [3.63, 3.8) is 0 Å². The Bertz CT molecular complexity index is 1110. The van der Waals surface area contributed by atoms with Gasteiger partial charge in [-0.3, -0.25) is 14.2 Å². The van der Waals surface area contributed by atoms with Crippen molar-refractivity contribution >= 4 is 17.4 Å². The summed E-state index contributed by atoms with van der Waals surface area (Å²) < 4.78 is 14.9. The van der Waals surface area contributed by atoms with E-state index in [1.165, 1.54) is 12.1 Å². The molecule has 0 bridgehead atoms. The van der Waals surface area contributed by atoms with Gasteiger partial charge in [0.05, 0.1) is 6.20 Å². The molecule has 4 aromatic rings. The highest BCUT2D eigenvalue weighted by molar-refractivity contribution is 5.78. The minimum Gasteiger partial charge on any atom is -0.369 e. The van der Waals surface area contributed by atoms with Crippen LogP contribution in [0.4, 0.5) is 10.2 Å². The topological polar surface area (TPSA) is 71.3 Å². The molecule has 2 aromatic carbocycles. The third-order valence-electron chi connectivity index (χ3n) is 4.52. The molecule has 0 aliphatic carbocycles. The zero-order valence-corrected chi connectivity index (χ0v) is 15.7. The highest BCUT2D eigenvalue weighted by Gasteiger charge is 2.14. The minimum atomic E-state index is -0.290. The van der Waals surface area contributed by atoms with Gasteiger partial charge in [0.15, 0.2) is 5.65 Å². The van der Waals surface area contributed by atoms with Crippen LogP contribution in [0, 0.1) is 5.82 Å². The second kappa shape index (κ2) is 8.52. The predicted octanol–water partition coefficient (Wildman–Crippen LogP) is 3.65. The lowest BCUT2D eigenvalue weighted by Gasteiger charge is -2.09. The third-order valence-corrected chi connectivity index (χ3v) is 4.52. The highest BCUT2D eigenvalue weighted by Crippen LogP contribution is 2.28. The first-order chi connectivity index (χ1) is 14.2. The van der Waals surface area contributed by atoms with E-state index in [1.54, 1.807) is 24.5 Å². The summed E-state index contributed by atoms with van der Waals surface area (Å²) in [5.74, 6) is 0.445. The SMILES string of the molecule is O=C(CCNc1c(-c2ccccc2)nc2cnccn12)NCc1ccc(F)cc1. The molecule has 29 heavy (non-hydrogen) atoms. The zero-order valence-electron chi connectivity index (χ0n) is 15.7. The van der Waals surface area contributed by atoms with Crippen LogP contribution in [-0.4, -0.2) is 26.8 Å². The van der Waals surface area contributed by atoms with Gasteiger partial charge < -0.3 is 10.6 Å². The van der Waals surface area contributed by atoms with Crippen LogP contribution in [0.15, 0.2) is 73.2 Å². The lowest BCUT2D eigenvalue weighted by atomic mass is 10.1. The molecule has 0 saturated carbocycles. The second-order valence-electron chi connectivity index (χ2n) is 6.56. The molecular formula is C22H20FN5O. The molecule has 146 valence electrons. The van der Waals surface area contributed by atoms with E-state index in [9.17, 15) is 9.18 Å². The van der Waals surface area contributed by atoms with Crippen LogP contribution in [0.3, 0.4) is 0 Å². The van der Waals surface area contributed by atoms with Crippen molar-refractivity contribution in [2.75, 3.05) is 11.9 Å². The smallest absolute Gasteiger partial charge is 0.222 e. The number of aromatic nitrogens is 3. The quantitative estimate of drug-likeness (QED) is 0.506. The Morgan fingerprint density at radius 3 is 2.66 bits per heavy atom. The summed E-state index contributed by atoms with van der Waals surface area (Å²) in [6.07, 6.45) is 5.54. The fourth-order valence-electron chi connectivity index (χ4n) is 3.06. The van der Waals surface area contributed by atoms with Gasteiger partial charge in [-0.2, -0.15) is 0 Å². The van der Waals surface area contributed by atoms with E-state index in [0.717, 1.165) is 28.3 Å². The van der Waals surface area contributed by atoms with E-state index < -0.39 is 0 Å². The number of hydrogen-bond acceptors (Lipinski definition) is 4. The summed E-state index contributed by atoms with van der Waals surface area (Å²) in [7, 11) is 0. The molecule has 0 saturated heterocycles. The summed E-state index contributed by atoms with van der Waals surface area (Å²) in [6.45, 7) is 0.820. The largest absolute Gasteiger partial charge is 0.369 e. The number of carbonyl (C=O) groups is 1. The van der Waals surface area contributed by atoms with Gasteiger partial charge in [0, 0.05) is 37.5 Å². The summed E-state index contributed by atoms with van der Waals surface area (Å²) in [4.78, 5) is 21.0. The molecular weight excluding hydrogens is 369 g/mol. The van der Waals surface area contributed by atoms with Gasteiger partial charge in [0.2, 0.25) is 5.91 Å². The monoisotopic (exact) mass is 389 g/mol. The first-order valence-electron chi connectivity index (χ1n) is 9.33. The Kier molecular flexibility index (Phi) is 5.47. The summed E-state index contributed by atoms with van der Waals surface area (Å²) >= 11 is 0. The van der Waals surface area contributed by atoms with Gasteiger partial charge in [-0.15, -0.1) is 0 Å². The molecule has 7 heteroatoms. The number of nitrogens with zero attached hydrogens (tertiary/aromatic N) is 3. The van der Waals surface area contributed by atoms with Crippen LogP contribution in [0.5, 0.6) is 0 Å². The van der Waals surface area contributed by atoms with Crippen molar-refractivity contribution in [3.05, 3.63) is 84.6 Å². The Hall–Kier alpha value is -3.74. The number of halogens is 1. The number of nitrogens with one attached hydrogen (secondary N) is 2. The van der Waals surface area contributed by atoms with Crippen LogP contribution < -0.4 is 10.6 Å². The van der Waals surface area contributed by atoms with E-state index in [4.69, 9.17) is 0 Å². The van der Waals surface area contributed by atoms with Crippen molar-refractivity contribution in [2.45, 2.75) is 13.0 Å². The fraction of sp³-hybridized carbons (Fsp3) is 0.136. The van der Waals surface area contributed by atoms with Gasteiger partial charge >= 0.3 is 0 Å². The zero-order chi connectivity index (χ0) is 20.1. The number of rotatable bonds is 7. The summed E-state index contributed by atoms with van der Waals surface area (Å²) in [6, 6.07) is 16.0. The van der Waals surface area contributed by atoms with E-state index >= 15 is 0 Å². The second-order valence-corrected chi connectivity index (χ2v) is 6.56. The van der Waals surface area contributed by atoms with Crippen LogP contribution in [0.1, 0.15) is 12.0 Å². The molecule has 0 radical (unpaired) electrons. The van der Waals surface area contributed by atoms with Crippen molar-refractivity contribution in [1.82, 2.24) is 19.7 Å². The maximum absolute atomic E-state index is 12.9. The molecule has 1 amide bonds. The molecule has 2 heterocycles. The summed E-state index contributed by atoms with van der Waals surface area (Å²) in [5.41, 5.74) is 3.38. The maximum Gasteiger partial charge on any atom is 0.222 e. The van der Waals surface area contributed by atoms with Crippen molar-refractivity contribution in [3.8, 4) is 11.3 Å². The summed E-state index contributed by atoms with van der Waals surface area (Å²) in [5, 5.41) is 6.18. The molecule has 2 N–H and O–H groups in total. The number of amides is 1. The van der Waals surface area contributed by atoms with E-state index in [1.807, 2.05) is 40.9 Å². The Morgan fingerprint density at radius 2 is 1.86 bits per heavy atom. The number of fused-ring (bicyclic) bond motifs is 1. The molecule has 4 rings (SSSR count). The molecule has 0 fully saturated rings. The lowest BCUT2D eigenvalue weighted by Crippen LogP contribution is -2.25. The van der Waals surface area contributed by atoms with Crippen LogP contribution >= 0.6 is 0 Å². The Balaban J connectivity index is 1.41. The van der Waals surface area contributed by atoms with Gasteiger partial charge in [-0.1, -0.05) is 42.5 Å². The number of imidazole rings is 1. The van der Waals surface area contributed by atoms with Crippen molar-refractivity contribution in [1.29, 1.82) is 0 Å². The molecule has 0 atom stereocenters. The van der Waals surface area contributed by atoms with Gasteiger partial charge in [-0.05, 0) is 17.7 Å². The molecule has 0 aliphatic rings. The molecule has 0 unspecified atom stereocenters. The molecule has 0 spiro atoms. The first-order valence-corrected chi connectivity index (χ1v) is 9.33. The lowest BCUT2D eigenvalue weighted by molar-refractivity contribution is -0.121. The minimum absolute atomic E-state index is 0.0847. The van der Waals surface area contributed by atoms with Crippen LogP contribution in [0.25, 0.3) is 16.9 Å². The fourth-order valence-corrected chi connectivity index (χ4v) is 3.06. The van der Waals surface area contributed by atoms with Gasteiger partial charge in [0.25, 0.3) is 0 Å². The van der Waals surface area contributed by atoms with Gasteiger partial charge in [0.1, 0.15) is 17.3 Å². The molecule has 2 aromatic heterocycles. The first kappa shape index (κ1) is 18.6.